The van der Waals surface area contributed by atoms with Crippen LogP contribution in [-0.4, -0.2) is 22.0 Å². The topological polar surface area (TPSA) is 79.3 Å². The quantitative estimate of drug-likeness (QED) is 0.826. The minimum atomic E-state index is -1.01. The number of aliphatic carboxylic acids is 1. The minimum Gasteiger partial charge on any atom is -0.478 e. The van der Waals surface area contributed by atoms with Crippen LogP contribution in [0.15, 0.2) is 41.9 Å². The summed E-state index contributed by atoms with van der Waals surface area (Å²) in [6, 6.07) is 7.14. The third kappa shape index (κ3) is 4.03. The van der Waals surface area contributed by atoms with Crippen molar-refractivity contribution in [2.45, 2.75) is 6.54 Å². The van der Waals surface area contributed by atoms with E-state index in [4.69, 9.17) is 5.11 Å². The van der Waals surface area contributed by atoms with Gasteiger partial charge in [0.25, 0.3) is 5.91 Å². The molecule has 1 amide bonds. The van der Waals surface area contributed by atoms with Gasteiger partial charge in [-0.15, -0.1) is 11.3 Å². The highest BCUT2D eigenvalue weighted by atomic mass is 32.1. The molecule has 0 aromatic carbocycles. The van der Waals surface area contributed by atoms with Crippen molar-refractivity contribution < 1.29 is 14.7 Å². The van der Waals surface area contributed by atoms with Crippen molar-refractivity contribution in [2.24, 2.45) is 0 Å². The van der Waals surface area contributed by atoms with Crippen LogP contribution < -0.4 is 5.32 Å². The molecule has 6 heteroatoms. The number of nitrogens with one attached hydrogen (secondary N) is 1. The molecule has 5 nitrogen and oxygen atoms in total. The minimum absolute atomic E-state index is 0.207. The third-order valence-electron chi connectivity index (χ3n) is 2.43. The van der Waals surface area contributed by atoms with E-state index in [9.17, 15) is 9.59 Å². The SMILES string of the molecule is O=C(O)C=Cc1cc(C(=O)NCc2ccccn2)cs1. The van der Waals surface area contributed by atoms with Gasteiger partial charge in [0.2, 0.25) is 0 Å². The molecule has 20 heavy (non-hydrogen) atoms. The van der Waals surface area contributed by atoms with Crippen molar-refractivity contribution in [1.82, 2.24) is 10.3 Å². The highest BCUT2D eigenvalue weighted by molar-refractivity contribution is 7.11. The van der Waals surface area contributed by atoms with Gasteiger partial charge in [-0.05, 0) is 24.3 Å². The number of carboxylic acid groups (broad SMARTS) is 1. The molecule has 2 rings (SSSR count). The summed E-state index contributed by atoms with van der Waals surface area (Å²) in [6.07, 6.45) is 4.17. The fourth-order valence-electron chi connectivity index (χ4n) is 1.49. The number of carbonyl (C=O) groups excluding carboxylic acids is 1. The number of hydrogen-bond donors (Lipinski definition) is 2. The Hall–Kier alpha value is -2.47. The Kier molecular flexibility index (Phi) is 4.62. The van der Waals surface area contributed by atoms with E-state index >= 15 is 0 Å². The van der Waals surface area contributed by atoms with E-state index in [1.54, 1.807) is 17.6 Å². The van der Waals surface area contributed by atoms with Crippen LogP contribution in [0.25, 0.3) is 6.08 Å². The Balaban J connectivity index is 1.94. The van der Waals surface area contributed by atoms with Gasteiger partial charge in [0.1, 0.15) is 0 Å². The van der Waals surface area contributed by atoms with Crippen LogP contribution in [0, 0.1) is 0 Å². The average Bonchev–Trinajstić information content (AvgIpc) is 2.92. The van der Waals surface area contributed by atoms with E-state index in [0.29, 0.717) is 12.1 Å². The van der Waals surface area contributed by atoms with Gasteiger partial charge in [-0.1, -0.05) is 6.07 Å². The number of thiophene rings is 1. The van der Waals surface area contributed by atoms with Crippen LogP contribution in [0.1, 0.15) is 20.9 Å². The van der Waals surface area contributed by atoms with Crippen LogP contribution in [0.4, 0.5) is 0 Å². The monoisotopic (exact) mass is 288 g/mol. The van der Waals surface area contributed by atoms with Crippen molar-refractivity contribution in [2.75, 3.05) is 0 Å². The first-order valence-electron chi connectivity index (χ1n) is 5.83. The molecule has 0 fully saturated rings. The van der Waals surface area contributed by atoms with Crippen molar-refractivity contribution in [1.29, 1.82) is 0 Å². The number of hydrogen-bond acceptors (Lipinski definition) is 4. The Labute approximate surface area is 119 Å². The fraction of sp³-hybridized carbons (Fsp3) is 0.0714. The highest BCUT2D eigenvalue weighted by Gasteiger charge is 2.07. The number of rotatable bonds is 5. The molecule has 102 valence electrons. The molecule has 2 aromatic heterocycles. The molecule has 0 spiro atoms. The Morgan fingerprint density at radius 3 is 2.95 bits per heavy atom. The van der Waals surface area contributed by atoms with E-state index in [1.165, 1.54) is 17.4 Å². The van der Waals surface area contributed by atoms with Gasteiger partial charge in [-0.3, -0.25) is 9.78 Å². The van der Waals surface area contributed by atoms with Gasteiger partial charge in [0, 0.05) is 22.5 Å². The van der Waals surface area contributed by atoms with Crippen LogP contribution in [0.3, 0.4) is 0 Å². The Morgan fingerprint density at radius 2 is 2.25 bits per heavy atom. The van der Waals surface area contributed by atoms with Gasteiger partial charge in [-0.25, -0.2) is 4.79 Å². The van der Waals surface area contributed by atoms with Crippen LogP contribution in [-0.2, 0) is 11.3 Å². The lowest BCUT2D eigenvalue weighted by molar-refractivity contribution is -0.131. The summed E-state index contributed by atoms with van der Waals surface area (Å²) in [5.41, 5.74) is 1.29. The van der Waals surface area contributed by atoms with Crippen LogP contribution >= 0.6 is 11.3 Å². The van der Waals surface area contributed by atoms with Crippen molar-refractivity contribution in [3.8, 4) is 0 Å². The smallest absolute Gasteiger partial charge is 0.328 e. The zero-order valence-electron chi connectivity index (χ0n) is 10.4. The molecule has 0 unspecified atom stereocenters. The lowest BCUT2D eigenvalue weighted by Gasteiger charge is -2.02. The zero-order chi connectivity index (χ0) is 14.4. The van der Waals surface area contributed by atoms with Crippen molar-refractivity contribution >= 4 is 29.3 Å². The molecule has 0 aliphatic rings. The second-order valence-electron chi connectivity index (χ2n) is 3.91. The number of aromatic nitrogens is 1. The molecule has 0 atom stereocenters. The summed E-state index contributed by atoms with van der Waals surface area (Å²) in [5, 5.41) is 13.0. The average molecular weight is 288 g/mol. The zero-order valence-corrected chi connectivity index (χ0v) is 11.3. The third-order valence-corrected chi connectivity index (χ3v) is 3.33. The molecule has 2 aromatic rings. The first kappa shape index (κ1) is 14.0. The molecule has 2 heterocycles. The predicted molar refractivity (Wildman–Crippen MR) is 76.4 cm³/mol. The Bertz CT molecular complexity index is 635. The molecule has 0 aliphatic carbocycles. The van der Waals surface area contributed by atoms with Crippen molar-refractivity contribution in [3.63, 3.8) is 0 Å². The van der Waals surface area contributed by atoms with Gasteiger partial charge >= 0.3 is 5.97 Å². The van der Waals surface area contributed by atoms with Gasteiger partial charge < -0.3 is 10.4 Å². The molecule has 2 N–H and O–H groups in total. The summed E-state index contributed by atoms with van der Waals surface area (Å²) in [7, 11) is 0. The van der Waals surface area contributed by atoms with Crippen molar-refractivity contribution in [3.05, 3.63) is 58.1 Å². The summed E-state index contributed by atoms with van der Waals surface area (Å²) in [6.45, 7) is 0.357. The normalized spacial score (nSPS) is 10.6. The van der Waals surface area contributed by atoms with E-state index in [-0.39, 0.29) is 5.91 Å². The van der Waals surface area contributed by atoms with Gasteiger partial charge in [0.05, 0.1) is 17.8 Å². The standard InChI is InChI=1S/C14H12N2O3S/c17-13(18)5-4-12-7-10(9-20-12)14(19)16-8-11-3-1-2-6-15-11/h1-7,9H,8H2,(H,16,19)(H,17,18). The number of pyridine rings is 1. The van der Waals surface area contributed by atoms with E-state index in [2.05, 4.69) is 10.3 Å². The van der Waals surface area contributed by atoms with Crippen LogP contribution in [0.5, 0.6) is 0 Å². The number of nitrogens with zero attached hydrogens (tertiary/aromatic N) is 1. The molecular formula is C14H12N2O3S. The summed E-state index contributed by atoms with van der Waals surface area (Å²) in [4.78, 5) is 27.1. The number of carbonyl (C=O) groups is 2. The molecule has 0 radical (unpaired) electrons. The first-order valence-corrected chi connectivity index (χ1v) is 6.71. The summed E-state index contributed by atoms with van der Waals surface area (Å²) in [5.74, 6) is -1.22. The summed E-state index contributed by atoms with van der Waals surface area (Å²) < 4.78 is 0. The second-order valence-corrected chi connectivity index (χ2v) is 4.86. The largest absolute Gasteiger partial charge is 0.478 e. The van der Waals surface area contributed by atoms with Gasteiger partial charge in [-0.2, -0.15) is 0 Å². The van der Waals surface area contributed by atoms with E-state index in [0.717, 1.165) is 16.6 Å². The van der Waals surface area contributed by atoms with E-state index < -0.39 is 5.97 Å². The molecule has 0 saturated heterocycles. The maximum Gasteiger partial charge on any atom is 0.328 e. The fourth-order valence-corrected chi connectivity index (χ4v) is 2.27. The predicted octanol–water partition coefficient (Wildman–Crippen LogP) is 2.17. The lowest BCUT2D eigenvalue weighted by Crippen LogP contribution is -2.22. The second kappa shape index (κ2) is 6.63. The molecule has 0 saturated carbocycles. The lowest BCUT2D eigenvalue weighted by atomic mass is 10.2. The van der Waals surface area contributed by atoms with E-state index in [1.807, 2.05) is 18.2 Å². The number of carboxylic acids is 1. The maximum atomic E-state index is 11.9. The molecular weight excluding hydrogens is 276 g/mol. The Morgan fingerprint density at radius 1 is 1.40 bits per heavy atom. The highest BCUT2D eigenvalue weighted by Crippen LogP contribution is 2.16. The number of amides is 1. The van der Waals surface area contributed by atoms with Crippen LogP contribution in [0.2, 0.25) is 0 Å². The van der Waals surface area contributed by atoms with Gasteiger partial charge in [0.15, 0.2) is 0 Å². The first-order chi connectivity index (χ1) is 9.65. The molecule has 0 bridgehead atoms. The summed E-state index contributed by atoms with van der Waals surface area (Å²) >= 11 is 1.31. The molecule has 0 aliphatic heterocycles. The maximum absolute atomic E-state index is 11.9.